The number of likely N-dealkylation sites (tertiary alicyclic amines) is 1. The number of aliphatic carboxylic acids is 1. The van der Waals surface area contributed by atoms with E-state index in [1.54, 1.807) is 0 Å². The number of nitrogens with zero attached hydrogens (tertiary/aromatic N) is 1. The molecule has 1 aromatic carbocycles. The third-order valence-electron chi connectivity index (χ3n) is 6.64. The lowest BCUT2D eigenvalue weighted by Crippen LogP contribution is -2.33. The first kappa shape index (κ1) is 23.6. The molecule has 0 radical (unpaired) electrons. The van der Waals surface area contributed by atoms with Gasteiger partial charge in [-0.1, -0.05) is 38.3 Å². The number of fused-ring (bicyclic) bond motifs is 1. The molecule has 0 bridgehead atoms. The lowest BCUT2D eigenvalue weighted by molar-refractivity contribution is -0.145. The second kappa shape index (κ2) is 12.1. The summed E-state index contributed by atoms with van der Waals surface area (Å²) in [6.07, 6.45) is 7.51. The van der Waals surface area contributed by atoms with Crippen LogP contribution in [0.5, 0.6) is 5.75 Å². The van der Waals surface area contributed by atoms with Crippen LogP contribution in [0.15, 0.2) is 24.3 Å². The maximum absolute atomic E-state index is 12.8. The van der Waals surface area contributed by atoms with Crippen LogP contribution in [0.3, 0.4) is 0 Å². The molecule has 172 valence electrons. The molecule has 1 aliphatic heterocycles. The van der Waals surface area contributed by atoms with Crippen molar-refractivity contribution in [3.8, 4) is 5.75 Å². The molecule has 1 heterocycles. The normalized spacial score (nSPS) is 21.5. The van der Waals surface area contributed by atoms with E-state index < -0.39 is 11.9 Å². The van der Waals surface area contributed by atoms with Crippen LogP contribution in [-0.2, 0) is 20.7 Å². The van der Waals surface area contributed by atoms with Crippen molar-refractivity contribution in [2.45, 2.75) is 58.3 Å². The summed E-state index contributed by atoms with van der Waals surface area (Å²) < 4.78 is 11.2. The topological polar surface area (TPSA) is 76.1 Å². The molecule has 6 heteroatoms. The van der Waals surface area contributed by atoms with Gasteiger partial charge in [0.2, 0.25) is 5.91 Å². The number of benzene rings is 1. The fraction of sp³-hybridized carbons (Fsp3) is 0.680. The molecule has 0 aromatic heterocycles. The van der Waals surface area contributed by atoms with Crippen molar-refractivity contribution in [1.29, 1.82) is 0 Å². The summed E-state index contributed by atoms with van der Waals surface area (Å²) in [5.74, 6) is 0.356. The van der Waals surface area contributed by atoms with Crippen LogP contribution in [0.1, 0.15) is 57.4 Å². The highest BCUT2D eigenvalue weighted by Gasteiger charge is 2.37. The number of ether oxygens (including phenoxy) is 2. The van der Waals surface area contributed by atoms with E-state index in [-0.39, 0.29) is 12.3 Å². The van der Waals surface area contributed by atoms with E-state index in [9.17, 15) is 14.7 Å². The summed E-state index contributed by atoms with van der Waals surface area (Å²) >= 11 is 0. The van der Waals surface area contributed by atoms with Gasteiger partial charge in [0.15, 0.2) is 0 Å². The van der Waals surface area contributed by atoms with Crippen molar-refractivity contribution in [3.05, 3.63) is 29.8 Å². The molecule has 1 N–H and O–H groups in total. The molecule has 1 unspecified atom stereocenters. The average molecular weight is 432 g/mol. The van der Waals surface area contributed by atoms with Gasteiger partial charge in [-0.3, -0.25) is 9.59 Å². The molecule has 1 saturated carbocycles. The molecular formula is C25H37NO5. The van der Waals surface area contributed by atoms with Crippen LogP contribution in [-0.4, -0.2) is 54.8 Å². The first-order valence-corrected chi connectivity index (χ1v) is 11.9. The minimum atomic E-state index is -0.908. The number of amides is 1. The number of carbonyl (C=O) groups is 2. The van der Waals surface area contributed by atoms with E-state index in [1.165, 1.54) is 25.7 Å². The third-order valence-corrected chi connectivity index (χ3v) is 6.64. The Labute approximate surface area is 185 Å². The van der Waals surface area contributed by atoms with Crippen molar-refractivity contribution >= 4 is 11.9 Å². The van der Waals surface area contributed by atoms with Gasteiger partial charge in [-0.15, -0.1) is 0 Å². The quantitative estimate of drug-likeness (QED) is 0.503. The smallest absolute Gasteiger partial charge is 0.307 e. The molecule has 2 aliphatic rings. The number of unbranched alkanes of at least 4 members (excludes halogenated alkanes) is 1. The zero-order valence-corrected chi connectivity index (χ0v) is 18.8. The predicted molar refractivity (Wildman–Crippen MR) is 119 cm³/mol. The maximum Gasteiger partial charge on any atom is 0.307 e. The monoisotopic (exact) mass is 431 g/mol. The Morgan fingerprint density at radius 1 is 1.06 bits per heavy atom. The first-order valence-electron chi connectivity index (χ1n) is 11.9. The molecule has 3 atom stereocenters. The summed E-state index contributed by atoms with van der Waals surface area (Å²) in [4.78, 5) is 26.5. The van der Waals surface area contributed by atoms with Gasteiger partial charge in [0.05, 0.1) is 12.5 Å². The highest BCUT2D eigenvalue weighted by Crippen LogP contribution is 2.36. The SMILES string of the molecule is CCCCOCCOc1ccc(CC(CC(=O)N2C[C@H]3CCCC[C@H]3C2)C(=O)O)cc1. The van der Waals surface area contributed by atoms with Crippen LogP contribution in [0, 0.1) is 17.8 Å². The Balaban J connectivity index is 1.45. The zero-order chi connectivity index (χ0) is 22.1. The van der Waals surface area contributed by atoms with Crippen LogP contribution in [0.25, 0.3) is 0 Å². The number of carboxylic acid groups (broad SMARTS) is 1. The number of rotatable bonds is 12. The van der Waals surface area contributed by atoms with Gasteiger partial charge in [0.1, 0.15) is 12.4 Å². The molecule has 1 saturated heterocycles. The van der Waals surface area contributed by atoms with E-state index in [1.807, 2.05) is 29.2 Å². The average Bonchev–Trinajstić information content (AvgIpc) is 3.21. The summed E-state index contributed by atoms with van der Waals surface area (Å²) in [6, 6.07) is 7.48. The molecule has 3 rings (SSSR count). The van der Waals surface area contributed by atoms with Crippen molar-refractivity contribution in [2.24, 2.45) is 17.8 Å². The number of hydrogen-bond donors (Lipinski definition) is 1. The molecule has 6 nitrogen and oxygen atoms in total. The molecule has 1 amide bonds. The Kier molecular flexibility index (Phi) is 9.19. The van der Waals surface area contributed by atoms with Gasteiger partial charge in [-0.05, 0) is 55.2 Å². The van der Waals surface area contributed by atoms with Gasteiger partial charge in [-0.2, -0.15) is 0 Å². The van der Waals surface area contributed by atoms with Gasteiger partial charge < -0.3 is 19.5 Å². The number of carbonyl (C=O) groups excluding carboxylic acids is 1. The van der Waals surface area contributed by atoms with Crippen LogP contribution in [0.2, 0.25) is 0 Å². The minimum absolute atomic E-state index is 0.00942. The number of carboxylic acids is 1. The summed E-state index contributed by atoms with van der Waals surface area (Å²) in [5.41, 5.74) is 0.904. The molecule has 31 heavy (non-hydrogen) atoms. The Morgan fingerprint density at radius 3 is 2.35 bits per heavy atom. The molecule has 0 spiro atoms. The van der Waals surface area contributed by atoms with Crippen molar-refractivity contribution < 1.29 is 24.2 Å². The van der Waals surface area contributed by atoms with Gasteiger partial charge in [0, 0.05) is 26.1 Å². The molecular weight excluding hydrogens is 394 g/mol. The molecule has 2 fully saturated rings. The Hall–Kier alpha value is -2.08. The van der Waals surface area contributed by atoms with Crippen LogP contribution >= 0.6 is 0 Å². The summed E-state index contributed by atoms with van der Waals surface area (Å²) in [6.45, 7) is 5.56. The zero-order valence-electron chi connectivity index (χ0n) is 18.8. The highest BCUT2D eigenvalue weighted by atomic mass is 16.5. The van der Waals surface area contributed by atoms with Gasteiger partial charge >= 0.3 is 5.97 Å². The molecule has 1 aromatic rings. The molecule has 1 aliphatic carbocycles. The minimum Gasteiger partial charge on any atom is -0.491 e. The fourth-order valence-electron chi connectivity index (χ4n) is 4.77. The summed E-state index contributed by atoms with van der Waals surface area (Å²) in [7, 11) is 0. The Morgan fingerprint density at radius 2 is 1.74 bits per heavy atom. The predicted octanol–water partition coefficient (Wildman–Crippen LogP) is 4.16. The second-order valence-corrected chi connectivity index (χ2v) is 9.01. The van der Waals surface area contributed by atoms with E-state index in [0.29, 0.717) is 31.5 Å². The first-order chi connectivity index (χ1) is 15.1. The van der Waals surface area contributed by atoms with Crippen LogP contribution in [0.4, 0.5) is 0 Å². The van der Waals surface area contributed by atoms with E-state index in [2.05, 4.69) is 6.92 Å². The standard InChI is InChI=1S/C25H37NO5/c1-2-3-12-30-13-14-31-23-10-8-19(9-11-23)15-22(25(28)29)16-24(27)26-17-20-6-4-5-7-21(20)18-26/h8-11,20-22H,2-7,12-18H2,1H3,(H,28,29)/t20-,21+,22?. The Bertz CT molecular complexity index is 690. The van der Waals surface area contributed by atoms with Gasteiger partial charge in [-0.25, -0.2) is 0 Å². The largest absolute Gasteiger partial charge is 0.491 e. The lowest BCUT2D eigenvalue weighted by atomic mass is 9.82. The third kappa shape index (κ3) is 7.23. The van der Waals surface area contributed by atoms with E-state index in [0.717, 1.165) is 43.9 Å². The summed E-state index contributed by atoms with van der Waals surface area (Å²) in [5, 5.41) is 9.68. The van der Waals surface area contributed by atoms with Crippen molar-refractivity contribution in [1.82, 2.24) is 4.90 Å². The lowest BCUT2D eigenvalue weighted by Gasteiger charge is -2.22. The van der Waals surface area contributed by atoms with Crippen molar-refractivity contribution in [2.75, 3.05) is 32.9 Å². The maximum atomic E-state index is 12.8. The number of hydrogen-bond acceptors (Lipinski definition) is 4. The fourth-order valence-corrected chi connectivity index (χ4v) is 4.77. The van der Waals surface area contributed by atoms with Crippen molar-refractivity contribution in [3.63, 3.8) is 0 Å². The van der Waals surface area contributed by atoms with E-state index in [4.69, 9.17) is 9.47 Å². The highest BCUT2D eigenvalue weighted by molar-refractivity contribution is 5.82. The van der Waals surface area contributed by atoms with Crippen LogP contribution < -0.4 is 4.74 Å². The van der Waals surface area contributed by atoms with E-state index >= 15 is 0 Å². The second-order valence-electron chi connectivity index (χ2n) is 9.01. The van der Waals surface area contributed by atoms with Gasteiger partial charge in [0.25, 0.3) is 0 Å².